The Morgan fingerprint density at radius 2 is 1.78 bits per heavy atom. The lowest BCUT2D eigenvalue weighted by Gasteiger charge is -2.28. The molecule has 4 N–H and O–H groups in total. The fraction of sp³-hybridized carbons (Fsp3) is 0.333. The second-order valence-electron chi connectivity index (χ2n) is 8.18. The van der Waals surface area contributed by atoms with Crippen molar-refractivity contribution in [2.75, 3.05) is 17.2 Å². The second kappa shape index (κ2) is 10.2. The van der Waals surface area contributed by atoms with E-state index in [-0.39, 0.29) is 0 Å². The van der Waals surface area contributed by atoms with Gasteiger partial charge in [-0.2, -0.15) is 0 Å². The summed E-state index contributed by atoms with van der Waals surface area (Å²) in [5, 5.41) is 7.21. The van der Waals surface area contributed by atoms with Crippen molar-refractivity contribution >= 4 is 23.2 Å². The first-order chi connectivity index (χ1) is 15.5. The molecule has 0 amide bonds. The number of nitrogens with one attached hydrogen (secondary N) is 2. The van der Waals surface area contributed by atoms with Gasteiger partial charge in [0.1, 0.15) is 11.6 Å². The van der Waals surface area contributed by atoms with Crippen molar-refractivity contribution in [3.05, 3.63) is 71.0 Å². The molecule has 0 aliphatic heterocycles. The second-order valence-corrected chi connectivity index (χ2v) is 8.59. The molecule has 0 saturated heterocycles. The van der Waals surface area contributed by atoms with Crippen LogP contribution in [0.25, 0.3) is 11.1 Å². The van der Waals surface area contributed by atoms with Gasteiger partial charge in [0.2, 0.25) is 0 Å². The summed E-state index contributed by atoms with van der Waals surface area (Å²) in [6.07, 6.45) is 7.75. The molecule has 0 spiro atoms. The number of pyridine rings is 2. The number of rotatable bonds is 7. The van der Waals surface area contributed by atoms with E-state index in [4.69, 9.17) is 17.3 Å². The van der Waals surface area contributed by atoms with Gasteiger partial charge < -0.3 is 16.4 Å². The van der Waals surface area contributed by atoms with E-state index in [0.717, 1.165) is 55.2 Å². The van der Waals surface area contributed by atoms with Crippen LogP contribution in [0.15, 0.2) is 48.8 Å². The molecule has 1 aliphatic rings. The molecule has 0 unspecified atom stereocenters. The molecular formula is C24H26ClF2N5. The molecule has 3 aromatic rings. The summed E-state index contributed by atoms with van der Waals surface area (Å²) in [6.45, 7) is 1.07. The highest BCUT2D eigenvalue weighted by Gasteiger charge is 2.20. The minimum Gasteiger partial charge on any atom is -0.367 e. The maximum atomic E-state index is 13.4. The Bertz CT molecular complexity index is 1070. The Morgan fingerprint density at radius 1 is 0.969 bits per heavy atom. The fourth-order valence-corrected chi connectivity index (χ4v) is 4.24. The van der Waals surface area contributed by atoms with E-state index in [9.17, 15) is 8.78 Å². The Hall–Kier alpha value is -2.77. The average Bonchev–Trinajstić information content (AvgIpc) is 2.82. The van der Waals surface area contributed by atoms with Crippen molar-refractivity contribution < 1.29 is 8.78 Å². The Labute approximate surface area is 191 Å². The van der Waals surface area contributed by atoms with E-state index in [1.165, 1.54) is 12.1 Å². The van der Waals surface area contributed by atoms with Crippen molar-refractivity contribution in [1.29, 1.82) is 0 Å². The molecule has 4 rings (SSSR count). The van der Waals surface area contributed by atoms with E-state index in [1.54, 1.807) is 12.4 Å². The van der Waals surface area contributed by atoms with Gasteiger partial charge in [-0.05, 0) is 79.6 Å². The van der Waals surface area contributed by atoms with Crippen molar-refractivity contribution in [1.82, 2.24) is 9.97 Å². The Morgan fingerprint density at radius 3 is 2.53 bits per heavy atom. The van der Waals surface area contributed by atoms with Gasteiger partial charge in [0.05, 0.1) is 5.02 Å². The molecular weight excluding hydrogens is 432 g/mol. The van der Waals surface area contributed by atoms with Gasteiger partial charge in [0.15, 0.2) is 11.6 Å². The van der Waals surface area contributed by atoms with Crippen LogP contribution in [-0.2, 0) is 6.54 Å². The molecule has 1 saturated carbocycles. The van der Waals surface area contributed by atoms with Crippen LogP contribution in [-0.4, -0.2) is 22.6 Å². The first kappa shape index (κ1) is 22.4. The quantitative estimate of drug-likeness (QED) is 0.429. The van der Waals surface area contributed by atoms with Gasteiger partial charge >= 0.3 is 0 Å². The average molecular weight is 458 g/mol. The number of anilines is 2. The highest BCUT2D eigenvalue weighted by molar-refractivity contribution is 6.33. The first-order valence-corrected chi connectivity index (χ1v) is 11.2. The molecule has 2 heterocycles. The molecule has 1 aromatic carbocycles. The van der Waals surface area contributed by atoms with E-state index in [0.29, 0.717) is 34.9 Å². The zero-order chi connectivity index (χ0) is 22.5. The molecule has 1 aliphatic carbocycles. The number of hydrogen-bond donors (Lipinski definition) is 3. The van der Waals surface area contributed by atoms with E-state index < -0.39 is 11.6 Å². The van der Waals surface area contributed by atoms with E-state index in [2.05, 4.69) is 20.6 Å². The third kappa shape index (κ3) is 5.53. The Kier molecular flexibility index (Phi) is 7.17. The van der Waals surface area contributed by atoms with Gasteiger partial charge in [-0.15, -0.1) is 0 Å². The molecule has 0 bridgehead atoms. The van der Waals surface area contributed by atoms with Crippen LogP contribution in [0.5, 0.6) is 0 Å². The summed E-state index contributed by atoms with van der Waals surface area (Å²) < 4.78 is 26.5. The predicted octanol–water partition coefficient (Wildman–Crippen LogP) is 5.62. The highest BCUT2D eigenvalue weighted by atomic mass is 35.5. The number of aromatic nitrogens is 2. The lowest BCUT2D eigenvalue weighted by Crippen LogP contribution is -2.29. The van der Waals surface area contributed by atoms with Crippen LogP contribution in [0.2, 0.25) is 5.02 Å². The SMILES string of the molecule is NC[C@H]1CC[C@H](Nc2cc(-c3ccnc(NCc4ccc(F)c(F)c4)c3)c(Cl)cn2)CC1. The fourth-order valence-electron chi connectivity index (χ4n) is 4.03. The predicted molar refractivity (Wildman–Crippen MR) is 125 cm³/mol. The molecule has 32 heavy (non-hydrogen) atoms. The molecule has 168 valence electrons. The normalized spacial score (nSPS) is 18.4. The number of nitrogens with two attached hydrogens (primary N) is 1. The van der Waals surface area contributed by atoms with Crippen molar-refractivity contribution in [3.8, 4) is 11.1 Å². The summed E-state index contributed by atoms with van der Waals surface area (Å²) in [5.74, 6) is 0.281. The summed E-state index contributed by atoms with van der Waals surface area (Å²) in [4.78, 5) is 8.76. The van der Waals surface area contributed by atoms with Crippen molar-refractivity contribution in [2.45, 2.75) is 38.3 Å². The molecule has 0 atom stereocenters. The van der Waals surface area contributed by atoms with Crippen LogP contribution in [0, 0.1) is 17.6 Å². The topological polar surface area (TPSA) is 75.9 Å². The summed E-state index contributed by atoms with van der Waals surface area (Å²) in [7, 11) is 0. The summed E-state index contributed by atoms with van der Waals surface area (Å²) in [6, 6.07) is 9.90. The zero-order valence-corrected chi connectivity index (χ0v) is 18.4. The lowest BCUT2D eigenvalue weighted by molar-refractivity contribution is 0.344. The maximum Gasteiger partial charge on any atom is 0.159 e. The number of hydrogen-bond acceptors (Lipinski definition) is 5. The molecule has 1 fully saturated rings. The maximum absolute atomic E-state index is 13.4. The van der Waals surface area contributed by atoms with Crippen molar-refractivity contribution in [2.24, 2.45) is 11.7 Å². The van der Waals surface area contributed by atoms with Crippen LogP contribution in [0.3, 0.4) is 0 Å². The number of nitrogens with zero attached hydrogens (tertiary/aromatic N) is 2. The van der Waals surface area contributed by atoms with Crippen LogP contribution in [0.4, 0.5) is 20.4 Å². The zero-order valence-electron chi connectivity index (χ0n) is 17.6. The van der Waals surface area contributed by atoms with Gasteiger partial charge in [0.25, 0.3) is 0 Å². The Balaban J connectivity index is 1.46. The molecule has 0 radical (unpaired) electrons. The molecule has 8 heteroatoms. The molecule has 5 nitrogen and oxygen atoms in total. The summed E-state index contributed by atoms with van der Waals surface area (Å²) >= 11 is 6.45. The van der Waals surface area contributed by atoms with Gasteiger partial charge in [-0.25, -0.2) is 18.7 Å². The van der Waals surface area contributed by atoms with Crippen LogP contribution in [0.1, 0.15) is 31.2 Å². The van der Waals surface area contributed by atoms with Gasteiger partial charge in [0, 0.05) is 30.5 Å². The smallest absolute Gasteiger partial charge is 0.159 e. The number of benzene rings is 1. The third-order valence-electron chi connectivity index (χ3n) is 5.92. The van der Waals surface area contributed by atoms with Crippen molar-refractivity contribution in [3.63, 3.8) is 0 Å². The van der Waals surface area contributed by atoms with Crippen LogP contribution >= 0.6 is 11.6 Å². The van der Waals surface area contributed by atoms with Gasteiger partial charge in [-0.3, -0.25) is 0 Å². The standard InChI is InChI=1S/C24H26ClF2N5/c25-20-14-31-24(32-18-4-1-15(12-28)2-5-18)11-19(20)17-7-8-29-23(10-17)30-13-16-3-6-21(26)22(27)9-16/h3,6-11,14-15,18H,1-2,4-5,12-13,28H2,(H,29,30)(H,31,32)/t15-,18-. The van der Waals surface area contributed by atoms with Gasteiger partial charge in [-0.1, -0.05) is 17.7 Å². The third-order valence-corrected chi connectivity index (χ3v) is 6.22. The minimum atomic E-state index is -0.869. The van der Waals surface area contributed by atoms with Crippen LogP contribution < -0.4 is 16.4 Å². The monoisotopic (exact) mass is 457 g/mol. The largest absolute Gasteiger partial charge is 0.367 e. The molecule has 2 aromatic heterocycles. The highest BCUT2D eigenvalue weighted by Crippen LogP contribution is 2.32. The summed E-state index contributed by atoms with van der Waals surface area (Å²) in [5.41, 5.74) is 8.14. The number of halogens is 3. The first-order valence-electron chi connectivity index (χ1n) is 10.8. The lowest BCUT2D eigenvalue weighted by atomic mass is 9.86. The van der Waals surface area contributed by atoms with E-state index in [1.807, 2.05) is 18.2 Å². The minimum absolute atomic E-state index is 0.315. The van der Waals surface area contributed by atoms with E-state index >= 15 is 0 Å².